The van der Waals surface area contributed by atoms with E-state index in [-0.39, 0.29) is 0 Å². The smallest absolute Gasteiger partial charge is 0.142 e. The molecule has 20 heavy (non-hydrogen) atoms. The number of aromatic nitrogens is 3. The molecule has 102 valence electrons. The molecular weight excluding hydrogens is 250 g/mol. The van der Waals surface area contributed by atoms with E-state index in [2.05, 4.69) is 9.97 Å². The zero-order valence-electron chi connectivity index (χ0n) is 11.8. The van der Waals surface area contributed by atoms with Gasteiger partial charge in [-0.15, -0.1) is 0 Å². The zero-order chi connectivity index (χ0) is 14.3. The molecule has 4 nitrogen and oxygen atoms in total. The van der Waals surface area contributed by atoms with Crippen LogP contribution in [0.25, 0.3) is 22.4 Å². The lowest BCUT2D eigenvalue weighted by molar-refractivity contribution is 0.0787. The van der Waals surface area contributed by atoms with Crippen LogP contribution in [0.5, 0.6) is 0 Å². The van der Waals surface area contributed by atoms with E-state index in [0.717, 1.165) is 28.0 Å². The van der Waals surface area contributed by atoms with Crippen molar-refractivity contribution in [3.05, 3.63) is 48.3 Å². The first-order chi connectivity index (χ1) is 9.47. The van der Waals surface area contributed by atoms with Gasteiger partial charge in [0.15, 0.2) is 0 Å². The summed E-state index contributed by atoms with van der Waals surface area (Å²) in [6.07, 6.45) is 3.55. The molecule has 0 saturated heterocycles. The Morgan fingerprint density at radius 2 is 2.00 bits per heavy atom. The predicted octanol–water partition coefficient (Wildman–Crippen LogP) is 2.86. The monoisotopic (exact) mass is 267 g/mol. The highest BCUT2D eigenvalue weighted by atomic mass is 16.3. The summed E-state index contributed by atoms with van der Waals surface area (Å²) in [7, 11) is 1.98. The van der Waals surface area contributed by atoms with Crippen molar-refractivity contribution >= 4 is 11.0 Å². The second-order valence-corrected chi connectivity index (χ2v) is 5.50. The summed E-state index contributed by atoms with van der Waals surface area (Å²) >= 11 is 0. The van der Waals surface area contributed by atoms with E-state index in [1.54, 1.807) is 26.2 Å². The molecule has 0 fully saturated rings. The topological polar surface area (TPSA) is 50.9 Å². The van der Waals surface area contributed by atoms with Crippen LogP contribution in [0.3, 0.4) is 0 Å². The Bertz CT molecular complexity index is 754. The summed E-state index contributed by atoms with van der Waals surface area (Å²) in [5, 5.41) is 10.1. The molecule has 0 unspecified atom stereocenters. The summed E-state index contributed by atoms with van der Waals surface area (Å²) in [6, 6.07) is 9.75. The van der Waals surface area contributed by atoms with Crippen LogP contribution in [-0.2, 0) is 12.6 Å². The minimum Gasteiger partial charge on any atom is -0.386 e. The van der Waals surface area contributed by atoms with E-state index >= 15 is 0 Å². The Morgan fingerprint density at radius 1 is 1.20 bits per heavy atom. The van der Waals surface area contributed by atoms with Crippen LogP contribution < -0.4 is 0 Å². The van der Waals surface area contributed by atoms with Crippen molar-refractivity contribution in [3.63, 3.8) is 0 Å². The van der Waals surface area contributed by atoms with Gasteiger partial charge in [0.1, 0.15) is 5.82 Å². The predicted molar refractivity (Wildman–Crippen MR) is 79.2 cm³/mol. The maximum absolute atomic E-state index is 10.1. The molecule has 0 aliphatic carbocycles. The second-order valence-electron chi connectivity index (χ2n) is 5.50. The Morgan fingerprint density at radius 3 is 2.65 bits per heavy atom. The van der Waals surface area contributed by atoms with Crippen molar-refractivity contribution in [2.45, 2.75) is 19.4 Å². The molecule has 0 bridgehead atoms. The Hall–Kier alpha value is -2.20. The third-order valence-electron chi connectivity index (χ3n) is 3.51. The van der Waals surface area contributed by atoms with E-state index in [1.807, 2.05) is 41.9 Å². The number of fused-ring (bicyclic) bond motifs is 1. The molecule has 0 spiro atoms. The maximum atomic E-state index is 10.1. The molecule has 0 atom stereocenters. The first-order valence-electron chi connectivity index (χ1n) is 6.56. The van der Waals surface area contributed by atoms with Gasteiger partial charge in [-0.05, 0) is 43.7 Å². The number of hydrogen-bond acceptors (Lipinski definition) is 3. The molecule has 0 aliphatic rings. The lowest BCUT2D eigenvalue weighted by Gasteiger charge is -2.17. The Labute approximate surface area is 117 Å². The van der Waals surface area contributed by atoms with Crippen LogP contribution in [-0.4, -0.2) is 19.6 Å². The molecule has 1 aromatic carbocycles. The number of pyridine rings is 1. The van der Waals surface area contributed by atoms with Gasteiger partial charge in [-0.3, -0.25) is 4.98 Å². The minimum absolute atomic E-state index is 0.854. The van der Waals surface area contributed by atoms with Crippen LogP contribution in [0.15, 0.2) is 42.7 Å². The molecule has 4 heteroatoms. The quantitative estimate of drug-likeness (QED) is 0.776. The van der Waals surface area contributed by atoms with Gasteiger partial charge in [0.2, 0.25) is 0 Å². The Balaban J connectivity index is 2.21. The fourth-order valence-electron chi connectivity index (χ4n) is 2.32. The third kappa shape index (κ3) is 2.08. The fourth-order valence-corrected chi connectivity index (χ4v) is 2.32. The minimum atomic E-state index is -0.854. The molecule has 0 radical (unpaired) electrons. The number of nitrogens with zero attached hydrogens (tertiary/aromatic N) is 3. The second kappa shape index (κ2) is 4.42. The first kappa shape index (κ1) is 12.8. The fraction of sp³-hybridized carbons (Fsp3) is 0.250. The van der Waals surface area contributed by atoms with Gasteiger partial charge < -0.3 is 9.67 Å². The van der Waals surface area contributed by atoms with Gasteiger partial charge >= 0.3 is 0 Å². The summed E-state index contributed by atoms with van der Waals surface area (Å²) < 4.78 is 2.03. The molecule has 2 heterocycles. The van der Waals surface area contributed by atoms with Crippen molar-refractivity contribution in [2.24, 2.45) is 7.05 Å². The number of imidazole rings is 1. The van der Waals surface area contributed by atoms with E-state index in [4.69, 9.17) is 0 Å². The lowest BCUT2D eigenvalue weighted by atomic mass is 9.98. The van der Waals surface area contributed by atoms with Gasteiger partial charge in [-0.2, -0.15) is 0 Å². The SMILES string of the molecule is Cn1c(-c2cccnc2)nc2ccc(C(C)(C)O)cc21. The molecule has 0 saturated carbocycles. The van der Waals surface area contributed by atoms with Gasteiger partial charge in [-0.25, -0.2) is 4.98 Å². The van der Waals surface area contributed by atoms with E-state index < -0.39 is 5.60 Å². The standard InChI is InChI=1S/C16H17N3O/c1-16(2,20)12-6-7-13-14(9-12)19(3)15(18-13)11-5-4-8-17-10-11/h4-10,20H,1-3H3. The molecule has 1 N–H and O–H groups in total. The number of benzene rings is 1. The van der Waals surface area contributed by atoms with Crippen molar-refractivity contribution in [1.82, 2.24) is 14.5 Å². The molecule has 0 aliphatic heterocycles. The van der Waals surface area contributed by atoms with Crippen molar-refractivity contribution in [3.8, 4) is 11.4 Å². The normalized spacial score (nSPS) is 12.0. The molecule has 3 rings (SSSR count). The van der Waals surface area contributed by atoms with Crippen LogP contribution in [0.1, 0.15) is 19.4 Å². The average Bonchev–Trinajstić information content (AvgIpc) is 2.76. The van der Waals surface area contributed by atoms with Crippen molar-refractivity contribution in [2.75, 3.05) is 0 Å². The van der Waals surface area contributed by atoms with Gasteiger partial charge in [-0.1, -0.05) is 6.07 Å². The van der Waals surface area contributed by atoms with E-state index in [9.17, 15) is 5.11 Å². The highest BCUT2D eigenvalue weighted by Gasteiger charge is 2.18. The number of rotatable bonds is 2. The number of hydrogen-bond donors (Lipinski definition) is 1. The summed E-state index contributed by atoms with van der Waals surface area (Å²) in [6.45, 7) is 3.57. The van der Waals surface area contributed by atoms with Gasteiger partial charge in [0.25, 0.3) is 0 Å². The number of aliphatic hydroxyl groups is 1. The molecule has 3 aromatic rings. The third-order valence-corrected chi connectivity index (χ3v) is 3.51. The average molecular weight is 267 g/mol. The molecule has 0 amide bonds. The molecular formula is C16H17N3O. The largest absolute Gasteiger partial charge is 0.386 e. The van der Waals surface area contributed by atoms with Gasteiger partial charge in [0.05, 0.1) is 16.6 Å². The summed E-state index contributed by atoms with van der Waals surface area (Å²) in [5.41, 5.74) is 2.93. The summed E-state index contributed by atoms with van der Waals surface area (Å²) in [5.74, 6) is 0.876. The highest BCUT2D eigenvalue weighted by molar-refractivity contribution is 5.81. The van der Waals surface area contributed by atoms with Crippen LogP contribution in [0.4, 0.5) is 0 Å². The lowest BCUT2D eigenvalue weighted by Crippen LogP contribution is -2.15. The van der Waals surface area contributed by atoms with Crippen molar-refractivity contribution in [1.29, 1.82) is 0 Å². The zero-order valence-corrected chi connectivity index (χ0v) is 11.8. The first-order valence-corrected chi connectivity index (χ1v) is 6.56. The van der Waals surface area contributed by atoms with E-state index in [1.165, 1.54) is 0 Å². The van der Waals surface area contributed by atoms with Crippen LogP contribution >= 0.6 is 0 Å². The van der Waals surface area contributed by atoms with Crippen molar-refractivity contribution < 1.29 is 5.11 Å². The highest BCUT2D eigenvalue weighted by Crippen LogP contribution is 2.27. The van der Waals surface area contributed by atoms with Gasteiger partial charge in [0, 0.05) is 25.0 Å². The van der Waals surface area contributed by atoms with E-state index in [0.29, 0.717) is 0 Å². The number of aryl methyl sites for hydroxylation is 1. The maximum Gasteiger partial charge on any atom is 0.142 e. The molecule has 2 aromatic heterocycles. The summed E-state index contributed by atoms with van der Waals surface area (Å²) in [4.78, 5) is 8.78. The Kier molecular flexibility index (Phi) is 2.83. The van der Waals surface area contributed by atoms with Crippen LogP contribution in [0, 0.1) is 0 Å². The van der Waals surface area contributed by atoms with Crippen LogP contribution in [0.2, 0.25) is 0 Å².